The Bertz CT molecular complexity index is 823. The molecule has 9 heteroatoms. The van der Waals surface area contributed by atoms with Gasteiger partial charge in [0.2, 0.25) is 0 Å². The maximum Gasteiger partial charge on any atom is 0.271 e. The number of hydrogen-bond donors (Lipinski definition) is 1. The number of ether oxygens (including phenoxy) is 1. The van der Waals surface area contributed by atoms with Crippen molar-refractivity contribution in [3.63, 3.8) is 0 Å². The van der Waals surface area contributed by atoms with Gasteiger partial charge in [0.15, 0.2) is 0 Å². The molecule has 0 amide bonds. The van der Waals surface area contributed by atoms with Gasteiger partial charge in [-0.3, -0.25) is 14.8 Å². The predicted octanol–water partition coefficient (Wildman–Crippen LogP) is 3.06. The topological polar surface area (TPSA) is 98.5 Å². The Morgan fingerprint density at radius 1 is 1.23 bits per heavy atom. The zero-order valence-corrected chi connectivity index (χ0v) is 12.9. The van der Waals surface area contributed by atoms with E-state index in [-0.39, 0.29) is 22.0 Å². The fraction of sp³-hybridized carbons (Fsp3) is 0.0769. The van der Waals surface area contributed by atoms with Gasteiger partial charge in [-0.2, -0.15) is 0 Å². The van der Waals surface area contributed by atoms with Crippen LogP contribution in [0.5, 0.6) is 5.75 Å². The van der Waals surface area contributed by atoms with Crippen molar-refractivity contribution in [2.45, 2.75) is 4.90 Å². The number of hydrogen-bond acceptors (Lipinski definition) is 5. The zero-order valence-electron chi connectivity index (χ0n) is 11.3. The van der Waals surface area contributed by atoms with Crippen LogP contribution in [-0.2, 0) is 10.0 Å². The smallest absolute Gasteiger partial charge is 0.271 e. The monoisotopic (exact) mass is 342 g/mol. The number of nitro benzene ring substituents is 1. The van der Waals surface area contributed by atoms with Crippen molar-refractivity contribution in [1.82, 2.24) is 0 Å². The maximum absolute atomic E-state index is 12.4. The quantitative estimate of drug-likeness (QED) is 0.665. The minimum atomic E-state index is -4.07. The summed E-state index contributed by atoms with van der Waals surface area (Å²) in [5.74, 6) is 0.000119. The average Bonchev–Trinajstić information content (AvgIpc) is 2.46. The molecule has 0 spiro atoms. The Hall–Kier alpha value is -2.32. The lowest BCUT2D eigenvalue weighted by molar-refractivity contribution is -0.385. The second-order valence-corrected chi connectivity index (χ2v) is 6.30. The summed E-state index contributed by atoms with van der Waals surface area (Å²) >= 11 is 5.80. The molecule has 0 bridgehead atoms. The molecule has 0 fully saturated rings. The molecule has 0 radical (unpaired) electrons. The molecule has 0 heterocycles. The first kappa shape index (κ1) is 16.1. The SMILES string of the molecule is COc1ccc([N+](=O)[O-])cc1S(=O)(=O)Nc1cccc(Cl)c1. The van der Waals surface area contributed by atoms with Gasteiger partial charge in [0.25, 0.3) is 15.7 Å². The van der Waals surface area contributed by atoms with Crippen molar-refractivity contribution >= 4 is 33.0 Å². The van der Waals surface area contributed by atoms with Crippen molar-refractivity contribution in [3.8, 4) is 5.75 Å². The van der Waals surface area contributed by atoms with Crippen LogP contribution in [0.15, 0.2) is 47.4 Å². The molecule has 116 valence electrons. The van der Waals surface area contributed by atoms with E-state index in [1.807, 2.05) is 0 Å². The summed E-state index contributed by atoms with van der Waals surface area (Å²) in [5.41, 5.74) is -0.117. The largest absolute Gasteiger partial charge is 0.495 e. The maximum atomic E-state index is 12.4. The molecule has 0 unspecified atom stereocenters. The Kier molecular flexibility index (Phi) is 4.53. The highest BCUT2D eigenvalue weighted by Crippen LogP contribution is 2.30. The van der Waals surface area contributed by atoms with Crippen molar-refractivity contribution < 1.29 is 18.1 Å². The van der Waals surface area contributed by atoms with Gasteiger partial charge < -0.3 is 4.74 Å². The summed E-state index contributed by atoms with van der Waals surface area (Å²) in [7, 11) is -2.79. The third-order valence-corrected chi connectivity index (χ3v) is 4.36. The fourth-order valence-electron chi connectivity index (χ4n) is 1.75. The Morgan fingerprint density at radius 3 is 2.55 bits per heavy atom. The normalized spacial score (nSPS) is 11.0. The van der Waals surface area contributed by atoms with E-state index in [9.17, 15) is 18.5 Å². The van der Waals surface area contributed by atoms with Crippen molar-refractivity contribution in [1.29, 1.82) is 0 Å². The molecule has 0 aliphatic heterocycles. The highest BCUT2D eigenvalue weighted by Gasteiger charge is 2.23. The number of halogens is 1. The van der Waals surface area contributed by atoms with Crippen LogP contribution in [0, 0.1) is 10.1 Å². The fourth-order valence-corrected chi connectivity index (χ4v) is 3.18. The van der Waals surface area contributed by atoms with E-state index in [4.69, 9.17) is 16.3 Å². The second-order valence-electron chi connectivity index (χ2n) is 4.21. The third kappa shape index (κ3) is 3.46. The number of methoxy groups -OCH3 is 1. The van der Waals surface area contributed by atoms with Crippen LogP contribution in [0.25, 0.3) is 0 Å². The van der Waals surface area contributed by atoms with E-state index in [1.165, 1.54) is 25.3 Å². The standard InChI is InChI=1S/C13H11ClN2O5S/c1-21-12-6-5-11(16(17)18)8-13(12)22(19,20)15-10-4-2-3-9(14)7-10/h2-8,15H,1H3. The first-order chi connectivity index (χ1) is 10.3. The molecule has 0 aromatic heterocycles. The number of sulfonamides is 1. The Balaban J connectivity index is 2.48. The van der Waals surface area contributed by atoms with E-state index in [2.05, 4.69) is 4.72 Å². The number of nitrogens with one attached hydrogen (secondary N) is 1. The number of benzene rings is 2. The van der Waals surface area contributed by atoms with E-state index in [1.54, 1.807) is 12.1 Å². The van der Waals surface area contributed by atoms with Crippen LogP contribution < -0.4 is 9.46 Å². The van der Waals surface area contributed by atoms with Gasteiger partial charge >= 0.3 is 0 Å². The highest BCUT2D eigenvalue weighted by atomic mass is 35.5. The lowest BCUT2D eigenvalue weighted by Crippen LogP contribution is -2.14. The Labute approximate surface area is 131 Å². The molecule has 2 aromatic carbocycles. The van der Waals surface area contributed by atoms with E-state index in [0.29, 0.717) is 5.02 Å². The summed E-state index contributed by atoms with van der Waals surface area (Å²) in [6, 6.07) is 9.42. The molecule has 0 atom stereocenters. The van der Waals surface area contributed by atoms with Crippen molar-refractivity contribution in [3.05, 3.63) is 57.6 Å². The molecule has 2 rings (SSSR count). The molecule has 0 aliphatic carbocycles. The Morgan fingerprint density at radius 2 is 1.95 bits per heavy atom. The second kappa shape index (κ2) is 6.20. The van der Waals surface area contributed by atoms with Gasteiger partial charge in [-0.25, -0.2) is 8.42 Å². The molecule has 1 N–H and O–H groups in total. The van der Waals surface area contributed by atoms with Crippen molar-refractivity contribution in [2.75, 3.05) is 11.8 Å². The summed E-state index contributed by atoms with van der Waals surface area (Å²) < 4.78 is 32.1. The molecule has 2 aromatic rings. The molecule has 0 saturated carbocycles. The highest BCUT2D eigenvalue weighted by molar-refractivity contribution is 7.92. The van der Waals surface area contributed by atoms with Gasteiger partial charge in [0, 0.05) is 17.2 Å². The number of nitrogens with zero attached hydrogens (tertiary/aromatic N) is 1. The number of anilines is 1. The number of non-ortho nitro benzene ring substituents is 1. The molecule has 0 aliphatic rings. The van der Waals surface area contributed by atoms with E-state index in [0.717, 1.165) is 12.1 Å². The van der Waals surface area contributed by atoms with Gasteiger partial charge in [0.1, 0.15) is 10.6 Å². The van der Waals surface area contributed by atoms with Gasteiger partial charge in [-0.05, 0) is 24.3 Å². The van der Waals surface area contributed by atoms with Gasteiger partial charge in [0.05, 0.1) is 17.7 Å². The summed E-state index contributed by atoms with van der Waals surface area (Å²) in [6.45, 7) is 0. The summed E-state index contributed by atoms with van der Waals surface area (Å²) in [5, 5.41) is 11.2. The van der Waals surface area contributed by atoms with Crippen molar-refractivity contribution in [2.24, 2.45) is 0 Å². The van der Waals surface area contributed by atoms with Crippen LogP contribution in [0.4, 0.5) is 11.4 Å². The first-order valence-corrected chi connectivity index (χ1v) is 7.80. The minimum Gasteiger partial charge on any atom is -0.495 e. The first-order valence-electron chi connectivity index (χ1n) is 5.94. The van der Waals surface area contributed by atoms with Gasteiger partial charge in [-0.15, -0.1) is 0 Å². The lowest BCUT2D eigenvalue weighted by Gasteiger charge is -2.11. The van der Waals surface area contributed by atoms with Crippen LogP contribution in [0.3, 0.4) is 0 Å². The van der Waals surface area contributed by atoms with Crippen LogP contribution in [0.2, 0.25) is 5.02 Å². The summed E-state index contributed by atoms with van der Waals surface area (Å²) in [6.07, 6.45) is 0. The van der Waals surface area contributed by atoms with Gasteiger partial charge in [-0.1, -0.05) is 17.7 Å². The van der Waals surface area contributed by atoms with Crippen LogP contribution in [0.1, 0.15) is 0 Å². The predicted molar refractivity (Wildman–Crippen MR) is 81.9 cm³/mol. The molecule has 7 nitrogen and oxygen atoms in total. The average molecular weight is 343 g/mol. The van der Waals surface area contributed by atoms with Crippen LogP contribution in [-0.4, -0.2) is 20.5 Å². The minimum absolute atomic E-state index is 0.000119. The molecule has 22 heavy (non-hydrogen) atoms. The van der Waals surface area contributed by atoms with E-state index >= 15 is 0 Å². The number of rotatable bonds is 5. The zero-order chi connectivity index (χ0) is 16.3. The van der Waals surface area contributed by atoms with Crippen LogP contribution >= 0.6 is 11.6 Å². The van der Waals surface area contributed by atoms with E-state index < -0.39 is 14.9 Å². The third-order valence-electron chi connectivity index (χ3n) is 2.72. The number of nitro groups is 1. The summed E-state index contributed by atoms with van der Waals surface area (Å²) in [4.78, 5) is 9.80. The molecular weight excluding hydrogens is 332 g/mol. The molecular formula is C13H11ClN2O5S. The lowest BCUT2D eigenvalue weighted by atomic mass is 10.3. The molecule has 0 saturated heterocycles.